The highest BCUT2D eigenvalue weighted by atomic mass is 32.2. The average Bonchev–Trinajstić information content (AvgIpc) is 2.44. The summed E-state index contributed by atoms with van der Waals surface area (Å²) in [4.78, 5) is 28.7. The number of nitrogens with one attached hydrogen (secondary N) is 2. The molecule has 0 radical (unpaired) electrons. The lowest BCUT2D eigenvalue weighted by atomic mass is 10.2. The molecule has 0 aliphatic rings. The summed E-state index contributed by atoms with van der Waals surface area (Å²) in [5, 5.41) is 14.7. The van der Waals surface area contributed by atoms with Crippen molar-refractivity contribution < 1.29 is 4.92 Å². The molecule has 0 aliphatic carbocycles. The third kappa shape index (κ3) is 2.90. The minimum atomic E-state index is -0.502. The Morgan fingerprint density at radius 1 is 1.55 bits per heavy atom. The van der Waals surface area contributed by atoms with Crippen LogP contribution in [0.2, 0.25) is 0 Å². The van der Waals surface area contributed by atoms with Crippen molar-refractivity contribution in [2.75, 3.05) is 18.1 Å². The van der Waals surface area contributed by atoms with Crippen LogP contribution in [-0.2, 0) is 0 Å². The van der Waals surface area contributed by atoms with Gasteiger partial charge in [0.2, 0.25) is 0 Å². The Labute approximate surface area is 118 Å². The normalized spacial score (nSPS) is 12.3. The highest BCUT2D eigenvalue weighted by Gasteiger charge is 2.17. The van der Waals surface area contributed by atoms with E-state index in [0.717, 1.165) is 0 Å². The number of hydrogen-bond acceptors (Lipinski definition) is 6. The number of rotatable bonds is 5. The van der Waals surface area contributed by atoms with Crippen LogP contribution in [0, 0.1) is 10.1 Å². The van der Waals surface area contributed by atoms with E-state index in [1.165, 1.54) is 18.5 Å². The summed E-state index contributed by atoms with van der Waals surface area (Å²) in [6.45, 7) is 2.62. The van der Waals surface area contributed by atoms with E-state index in [4.69, 9.17) is 0 Å². The fourth-order valence-corrected chi connectivity index (χ4v) is 1.98. The van der Waals surface area contributed by atoms with Gasteiger partial charge in [-0.1, -0.05) is 6.92 Å². The molecule has 2 rings (SSSR count). The number of thioether (sulfide) groups is 1. The lowest BCUT2D eigenvalue weighted by Gasteiger charge is -2.11. The lowest BCUT2D eigenvalue weighted by molar-refractivity contribution is -0.383. The summed E-state index contributed by atoms with van der Waals surface area (Å²) in [5.74, 6) is 0. The van der Waals surface area contributed by atoms with E-state index in [-0.39, 0.29) is 16.6 Å². The number of hydrogen-bond donors (Lipinski definition) is 2. The summed E-state index contributed by atoms with van der Waals surface area (Å²) in [6, 6.07) is 2.79. The molecule has 0 spiro atoms. The number of nitro groups is 1. The minimum Gasteiger partial charge on any atom is -0.378 e. The molecule has 1 unspecified atom stereocenters. The summed E-state index contributed by atoms with van der Waals surface area (Å²) >= 11 is 1.66. The van der Waals surface area contributed by atoms with Crippen molar-refractivity contribution in [1.82, 2.24) is 9.97 Å². The highest BCUT2D eigenvalue weighted by molar-refractivity contribution is 7.99. The molecule has 2 aromatic rings. The number of nitro benzene ring substituents is 1. The Kier molecular flexibility index (Phi) is 4.23. The first-order chi connectivity index (χ1) is 9.52. The molecule has 0 saturated carbocycles. The molecular formula is C12H14N4O3S. The molecule has 0 bridgehead atoms. The molecule has 1 atom stereocenters. The standard InChI is InChI=1S/C12H14N4O3S/c1-7(20-2)5-13-10-4-9-8(3-11(10)16(18)19)12(17)15-6-14-9/h3-4,6-7,13H,5H2,1-2H3,(H,14,15,17). The molecule has 1 aromatic carbocycles. The number of anilines is 1. The van der Waals surface area contributed by atoms with Crippen molar-refractivity contribution in [3.8, 4) is 0 Å². The van der Waals surface area contributed by atoms with Crippen LogP contribution in [-0.4, -0.2) is 32.9 Å². The third-order valence-electron chi connectivity index (χ3n) is 2.94. The maximum Gasteiger partial charge on any atom is 0.293 e. The summed E-state index contributed by atoms with van der Waals surface area (Å²) in [5.41, 5.74) is 0.298. The second-order valence-corrected chi connectivity index (χ2v) is 5.58. The van der Waals surface area contributed by atoms with E-state index < -0.39 is 4.92 Å². The van der Waals surface area contributed by atoms with E-state index in [2.05, 4.69) is 15.3 Å². The van der Waals surface area contributed by atoms with Crippen molar-refractivity contribution in [2.45, 2.75) is 12.2 Å². The molecule has 8 heteroatoms. The Morgan fingerprint density at radius 2 is 2.30 bits per heavy atom. The number of H-pyrrole nitrogens is 1. The van der Waals surface area contributed by atoms with Gasteiger partial charge < -0.3 is 10.3 Å². The SMILES string of the molecule is CSC(C)CNc1cc2nc[nH]c(=O)c2cc1[N+](=O)[O-]. The Morgan fingerprint density at radius 3 is 2.95 bits per heavy atom. The van der Waals surface area contributed by atoms with Crippen LogP contribution >= 0.6 is 11.8 Å². The zero-order chi connectivity index (χ0) is 14.7. The molecule has 20 heavy (non-hydrogen) atoms. The van der Waals surface area contributed by atoms with E-state index in [1.807, 2.05) is 13.2 Å². The van der Waals surface area contributed by atoms with Gasteiger partial charge in [-0.05, 0) is 12.3 Å². The highest BCUT2D eigenvalue weighted by Crippen LogP contribution is 2.28. The molecule has 0 fully saturated rings. The fraction of sp³-hybridized carbons (Fsp3) is 0.333. The molecule has 0 saturated heterocycles. The number of benzene rings is 1. The smallest absolute Gasteiger partial charge is 0.293 e. The van der Waals surface area contributed by atoms with Gasteiger partial charge in [0, 0.05) is 17.9 Å². The van der Waals surface area contributed by atoms with Gasteiger partial charge >= 0.3 is 0 Å². The van der Waals surface area contributed by atoms with E-state index >= 15 is 0 Å². The second-order valence-electron chi connectivity index (χ2n) is 4.30. The van der Waals surface area contributed by atoms with E-state index in [0.29, 0.717) is 23.0 Å². The van der Waals surface area contributed by atoms with Gasteiger partial charge in [-0.15, -0.1) is 0 Å². The van der Waals surface area contributed by atoms with Crippen LogP contribution in [0.1, 0.15) is 6.92 Å². The molecule has 0 amide bonds. The van der Waals surface area contributed by atoms with Gasteiger partial charge in [-0.3, -0.25) is 14.9 Å². The Hall–Kier alpha value is -2.09. The largest absolute Gasteiger partial charge is 0.378 e. The maximum absolute atomic E-state index is 11.6. The van der Waals surface area contributed by atoms with Gasteiger partial charge in [0.25, 0.3) is 11.2 Å². The predicted octanol–water partition coefficient (Wildman–Crippen LogP) is 1.99. The first-order valence-corrected chi connectivity index (χ1v) is 7.24. The lowest BCUT2D eigenvalue weighted by Crippen LogP contribution is -2.14. The number of aromatic nitrogens is 2. The van der Waals surface area contributed by atoms with Crippen LogP contribution < -0.4 is 10.9 Å². The first-order valence-electron chi connectivity index (χ1n) is 5.95. The van der Waals surface area contributed by atoms with Crippen LogP contribution in [0.5, 0.6) is 0 Å². The Bertz CT molecular complexity index is 701. The maximum atomic E-state index is 11.6. The summed E-state index contributed by atoms with van der Waals surface area (Å²) < 4.78 is 0. The molecule has 1 aromatic heterocycles. The monoisotopic (exact) mass is 294 g/mol. The molecule has 106 valence electrons. The summed E-state index contributed by atoms with van der Waals surface area (Å²) in [7, 11) is 0. The van der Waals surface area contributed by atoms with Crippen LogP contribution in [0.3, 0.4) is 0 Å². The van der Waals surface area contributed by atoms with Gasteiger partial charge in [0.15, 0.2) is 0 Å². The average molecular weight is 294 g/mol. The van der Waals surface area contributed by atoms with Crippen molar-refractivity contribution in [2.24, 2.45) is 0 Å². The third-order valence-corrected chi connectivity index (χ3v) is 3.91. The molecule has 2 N–H and O–H groups in total. The predicted molar refractivity (Wildman–Crippen MR) is 80.5 cm³/mol. The minimum absolute atomic E-state index is 0.121. The quantitative estimate of drug-likeness (QED) is 0.646. The first kappa shape index (κ1) is 14.3. The molecule has 0 aliphatic heterocycles. The zero-order valence-electron chi connectivity index (χ0n) is 11.0. The number of aromatic amines is 1. The number of fused-ring (bicyclic) bond motifs is 1. The fourth-order valence-electron chi connectivity index (χ4n) is 1.73. The van der Waals surface area contributed by atoms with Crippen molar-refractivity contribution in [3.05, 3.63) is 38.9 Å². The van der Waals surface area contributed by atoms with Gasteiger partial charge in [-0.2, -0.15) is 11.8 Å². The molecule has 7 nitrogen and oxygen atoms in total. The van der Waals surface area contributed by atoms with Crippen molar-refractivity contribution in [1.29, 1.82) is 0 Å². The van der Waals surface area contributed by atoms with Crippen molar-refractivity contribution in [3.63, 3.8) is 0 Å². The van der Waals surface area contributed by atoms with E-state index in [9.17, 15) is 14.9 Å². The topological polar surface area (TPSA) is 101 Å². The van der Waals surface area contributed by atoms with Crippen LogP contribution in [0.25, 0.3) is 10.9 Å². The summed E-state index contributed by atoms with van der Waals surface area (Å²) in [6.07, 6.45) is 3.26. The van der Waals surface area contributed by atoms with E-state index in [1.54, 1.807) is 11.8 Å². The van der Waals surface area contributed by atoms with Gasteiger partial charge in [0.1, 0.15) is 5.69 Å². The molecule has 1 heterocycles. The second kappa shape index (κ2) is 5.91. The zero-order valence-corrected chi connectivity index (χ0v) is 11.9. The van der Waals surface area contributed by atoms with Crippen LogP contribution in [0.4, 0.5) is 11.4 Å². The Balaban J connectivity index is 2.49. The van der Waals surface area contributed by atoms with Gasteiger partial charge in [-0.25, -0.2) is 4.98 Å². The number of nitrogens with zero attached hydrogens (tertiary/aromatic N) is 2. The van der Waals surface area contributed by atoms with Crippen LogP contribution in [0.15, 0.2) is 23.3 Å². The molecular weight excluding hydrogens is 280 g/mol. The van der Waals surface area contributed by atoms with Crippen molar-refractivity contribution >= 4 is 34.0 Å². The van der Waals surface area contributed by atoms with Gasteiger partial charge in [0.05, 0.1) is 22.2 Å².